The summed E-state index contributed by atoms with van der Waals surface area (Å²) in [6.45, 7) is 1.28. The van der Waals surface area contributed by atoms with Gasteiger partial charge in [0, 0.05) is 25.1 Å². The van der Waals surface area contributed by atoms with E-state index in [4.69, 9.17) is 10.5 Å². The fourth-order valence-electron chi connectivity index (χ4n) is 2.21. The maximum Gasteiger partial charge on any atom is 0.246 e. The van der Waals surface area contributed by atoms with Crippen LogP contribution in [0.25, 0.3) is 6.08 Å². The van der Waals surface area contributed by atoms with Gasteiger partial charge in [-0.15, -0.1) is 0 Å². The molecule has 0 saturated carbocycles. The summed E-state index contributed by atoms with van der Waals surface area (Å²) >= 11 is 0. The first-order valence-corrected chi connectivity index (χ1v) is 6.59. The first-order chi connectivity index (χ1) is 9.72. The van der Waals surface area contributed by atoms with E-state index < -0.39 is 0 Å². The predicted molar refractivity (Wildman–Crippen MR) is 75.1 cm³/mol. The SMILES string of the molecule is N#Cc1cccc(/C=C/C(=O)N2CCC(C#N)CC2)c1. The second-order valence-corrected chi connectivity index (χ2v) is 4.80. The number of benzene rings is 1. The number of carbonyl (C=O) groups excluding carboxylic acids is 1. The van der Waals surface area contributed by atoms with Crippen LogP contribution in [0.4, 0.5) is 0 Å². The van der Waals surface area contributed by atoms with Crippen LogP contribution < -0.4 is 0 Å². The highest BCUT2D eigenvalue weighted by molar-refractivity contribution is 5.91. The van der Waals surface area contributed by atoms with Gasteiger partial charge in [0.2, 0.25) is 5.91 Å². The summed E-state index contributed by atoms with van der Waals surface area (Å²) in [5.74, 6) is 0.0408. The topological polar surface area (TPSA) is 67.9 Å². The lowest BCUT2D eigenvalue weighted by molar-refractivity contribution is -0.127. The molecule has 0 aromatic heterocycles. The van der Waals surface area contributed by atoms with Crippen molar-refractivity contribution in [2.24, 2.45) is 5.92 Å². The second-order valence-electron chi connectivity index (χ2n) is 4.80. The van der Waals surface area contributed by atoms with Gasteiger partial charge in [-0.2, -0.15) is 10.5 Å². The van der Waals surface area contributed by atoms with Crippen molar-refractivity contribution in [2.75, 3.05) is 13.1 Å². The van der Waals surface area contributed by atoms with E-state index in [1.165, 1.54) is 6.08 Å². The molecule has 4 nitrogen and oxygen atoms in total. The van der Waals surface area contributed by atoms with E-state index in [1.54, 1.807) is 29.2 Å². The Morgan fingerprint density at radius 1 is 1.30 bits per heavy atom. The van der Waals surface area contributed by atoms with Crippen molar-refractivity contribution in [3.63, 3.8) is 0 Å². The molecular weight excluding hydrogens is 250 g/mol. The molecule has 1 fully saturated rings. The molecule has 1 aromatic carbocycles. The first-order valence-electron chi connectivity index (χ1n) is 6.59. The van der Waals surface area contributed by atoms with Crippen molar-refractivity contribution in [3.05, 3.63) is 41.5 Å². The number of likely N-dealkylation sites (tertiary alicyclic amines) is 1. The van der Waals surface area contributed by atoms with Crippen LogP contribution in [0.2, 0.25) is 0 Å². The Morgan fingerprint density at radius 3 is 2.70 bits per heavy atom. The number of carbonyl (C=O) groups is 1. The molecule has 1 aromatic rings. The van der Waals surface area contributed by atoms with Gasteiger partial charge in [-0.1, -0.05) is 12.1 Å². The third kappa shape index (κ3) is 3.46. The normalized spacial score (nSPS) is 15.8. The Kier molecular flexibility index (Phi) is 4.52. The predicted octanol–water partition coefficient (Wildman–Crippen LogP) is 2.33. The monoisotopic (exact) mass is 265 g/mol. The first kappa shape index (κ1) is 13.8. The molecule has 2 rings (SSSR count). The van der Waals surface area contributed by atoms with E-state index in [1.807, 2.05) is 6.07 Å². The number of nitrogens with zero attached hydrogens (tertiary/aromatic N) is 3. The Hall–Kier alpha value is -2.59. The summed E-state index contributed by atoms with van der Waals surface area (Å²) in [4.78, 5) is 13.8. The molecule has 1 amide bonds. The number of piperidine rings is 1. The number of rotatable bonds is 2. The van der Waals surface area contributed by atoms with Gasteiger partial charge in [0.05, 0.1) is 17.7 Å². The van der Waals surface area contributed by atoms with Gasteiger partial charge in [0.15, 0.2) is 0 Å². The smallest absolute Gasteiger partial charge is 0.246 e. The van der Waals surface area contributed by atoms with Crippen LogP contribution in [0.5, 0.6) is 0 Å². The molecule has 0 N–H and O–H groups in total. The van der Waals surface area contributed by atoms with Crippen molar-refractivity contribution in [1.82, 2.24) is 4.90 Å². The quantitative estimate of drug-likeness (QED) is 0.771. The van der Waals surface area contributed by atoms with E-state index in [0.717, 1.165) is 18.4 Å². The van der Waals surface area contributed by atoms with Crippen molar-refractivity contribution >= 4 is 12.0 Å². The van der Waals surface area contributed by atoms with Crippen molar-refractivity contribution in [3.8, 4) is 12.1 Å². The lowest BCUT2D eigenvalue weighted by atomic mass is 9.98. The molecule has 1 saturated heterocycles. The average molecular weight is 265 g/mol. The summed E-state index contributed by atoms with van der Waals surface area (Å²) in [5.41, 5.74) is 1.42. The molecule has 0 radical (unpaired) electrons. The molecule has 0 bridgehead atoms. The minimum absolute atomic E-state index is 0.0382. The highest BCUT2D eigenvalue weighted by Crippen LogP contribution is 2.16. The van der Waals surface area contributed by atoms with E-state index in [9.17, 15) is 4.79 Å². The number of nitriles is 2. The maximum atomic E-state index is 12.0. The lowest BCUT2D eigenvalue weighted by Gasteiger charge is -2.28. The third-order valence-corrected chi connectivity index (χ3v) is 3.42. The van der Waals surface area contributed by atoms with Gasteiger partial charge in [0.25, 0.3) is 0 Å². The van der Waals surface area contributed by atoms with Crippen LogP contribution in [-0.2, 0) is 4.79 Å². The van der Waals surface area contributed by atoms with Crippen molar-refractivity contribution < 1.29 is 4.79 Å². The van der Waals surface area contributed by atoms with E-state index in [0.29, 0.717) is 18.7 Å². The molecule has 4 heteroatoms. The molecule has 1 aliphatic heterocycles. The fourth-order valence-corrected chi connectivity index (χ4v) is 2.21. The van der Waals surface area contributed by atoms with Gasteiger partial charge in [-0.3, -0.25) is 4.79 Å². The van der Waals surface area contributed by atoms with E-state index in [-0.39, 0.29) is 11.8 Å². The van der Waals surface area contributed by atoms with Crippen LogP contribution in [-0.4, -0.2) is 23.9 Å². The summed E-state index contributed by atoms with van der Waals surface area (Å²) in [5, 5.41) is 17.6. The summed E-state index contributed by atoms with van der Waals surface area (Å²) in [7, 11) is 0. The van der Waals surface area contributed by atoms with Gasteiger partial charge in [0.1, 0.15) is 0 Å². The van der Waals surface area contributed by atoms with E-state index in [2.05, 4.69) is 12.1 Å². The molecule has 100 valence electrons. The van der Waals surface area contributed by atoms with Gasteiger partial charge >= 0.3 is 0 Å². The summed E-state index contributed by atoms with van der Waals surface area (Å²) in [6.07, 6.45) is 4.75. The molecule has 0 atom stereocenters. The van der Waals surface area contributed by atoms with Crippen LogP contribution in [0, 0.1) is 28.6 Å². The molecule has 0 aliphatic carbocycles. The van der Waals surface area contributed by atoms with Gasteiger partial charge in [-0.25, -0.2) is 0 Å². The standard InChI is InChI=1S/C16H15N3O/c17-11-14-6-8-19(9-7-14)16(20)5-4-13-2-1-3-15(10-13)12-18/h1-5,10,14H,6-9H2/b5-4+. The van der Waals surface area contributed by atoms with Crippen LogP contribution >= 0.6 is 0 Å². The zero-order valence-corrected chi connectivity index (χ0v) is 11.1. The summed E-state index contributed by atoms with van der Waals surface area (Å²) < 4.78 is 0. The van der Waals surface area contributed by atoms with Crippen LogP contribution in [0.15, 0.2) is 30.3 Å². The zero-order valence-electron chi connectivity index (χ0n) is 11.1. The molecular formula is C16H15N3O. The average Bonchev–Trinajstić information content (AvgIpc) is 2.53. The van der Waals surface area contributed by atoms with Crippen molar-refractivity contribution in [2.45, 2.75) is 12.8 Å². The minimum atomic E-state index is -0.0382. The lowest BCUT2D eigenvalue weighted by Crippen LogP contribution is -2.37. The highest BCUT2D eigenvalue weighted by Gasteiger charge is 2.20. The minimum Gasteiger partial charge on any atom is -0.339 e. The Bertz CT molecular complexity index is 599. The largest absolute Gasteiger partial charge is 0.339 e. The molecule has 0 unspecified atom stereocenters. The van der Waals surface area contributed by atoms with Crippen molar-refractivity contribution in [1.29, 1.82) is 10.5 Å². The molecule has 1 aliphatic rings. The second kappa shape index (κ2) is 6.54. The molecule has 0 spiro atoms. The Balaban J connectivity index is 1.96. The number of hydrogen-bond donors (Lipinski definition) is 0. The summed E-state index contributed by atoms with van der Waals surface area (Å²) in [6, 6.07) is 11.4. The Labute approximate surface area is 118 Å². The van der Waals surface area contributed by atoms with Crippen LogP contribution in [0.1, 0.15) is 24.0 Å². The molecule has 1 heterocycles. The van der Waals surface area contributed by atoms with Gasteiger partial charge < -0.3 is 4.90 Å². The Morgan fingerprint density at radius 2 is 2.05 bits per heavy atom. The fraction of sp³-hybridized carbons (Fsp3) is 0.312. The van der Waals surface area contributed by atoms with E-state index >= 15 is 0 Å². The maximum absolute atomic E-state index is 12.0. The van der Waals surface area contributed by atoms with Gasteiger partial charge in [-0.05, 0) is 36.6 Å². The number of amides is 1. The number of hydrogen-bond acceptors (Lipinski definition) is 3. The molecule has 20 heavy (non-hydrogen) atoms. The third-order valence-electron chi connectivity index (χ3n) is 3.42. The van der Waals surface area contributed by atoms with Crippen LogP contribution in [0.3, 0.4) is 0 Å². The highest BCUT2D eigenvalue weighted by atomic mass is 16.2. The zero-order chi connectivity index (χ0) is 14.4.